The highest BCUT2D eigenvalue weighted by molar-refractivity contribution is 5.87. The summed E-state index contributed by atoms with van der Waals surface area (Å²) in [5, 5.41) is 0. The Morgan fingerprint density at radius 1 is 0.778 bits per heavy atom. The zero-order valence-corrected chi connectivity index (χ0v) is 13.1. The molecule has 0 heterocycles. The van der Waals surface area contributed by atoms with Crippen LogP contribution < -0.4 is 0 Å². The molecule has 5 heteroatoms. The van der Waals surface area contributed by atoms with Crippen LogP contribution in [0.3, 0.4) is 0 Å². The van der Waals surface area contributed by atoms with Gasteiger partial charge in [-0.25, -0.2) is 14.5 Å². The first kappa shape index (κ1) is 19.1. The van der Waals surface area contributed by atoms with E-state index in [-0.39, 0.29) is 0 Å². The SMILES string of the molecule is CC.CN(C(=O)OC(C)(C)C)C(=O)OC(C)(C)C. The maximum atomic E-state index is 11.5. The number of amides is 2. The highest BCUT2D eigenvalue weighted by atomic mass is 16.6. The number of imide groups is 1. The number of carbonyl (C=O) groups excluding carboxylic acids is 2. The fourth-order valence-corrected chi connectivity index (χ4v) is 0.735. The van der Waals surface area contributed by atoms with Crippen molar-refractivity contribution in [3.8, 4) is 0 Å². The predicted octanol–water partition coefficient (Wildman–Crippen LogP) is 3.81. The van der Waals surface area contributed by atoms with Gasteiger partial charge in [-0.05, 0) is 41.5 Å². The summed E-state index contributed by atoms with van der Waals surface area (Å²) in [6.45, 7) is 14.4. The Morgan fingerprint density at radius 3 is 1.17 bits per heavy atom. The second-order valence-electron chi connectivity index (χ2n) is 5.52. The highest BCUT2D eigenvalue weighted by Crippen LogP contribution is 2.12. The zero-order valence-electron chi connectivity index (χ0n) is 13.1. The second-order valence-corrected chi connectivity index (χ2v) is 5.52. The van der Waals surface area contributed by atoms with Gasteiger partial charge < -0.3 is 9.47 Å². The minimum atomic E-state index is -0.721. The maximum absolute atomic E-state index is 11.5. The van der Waals surface area contributed by atoms with E-state index in [1.165, 1.54) is 7.05 Å². The molecule has 108 valence electrons. The van der Waals surface area contributed by atoms with Gasteiger partial charge in [-0.3, -0.25) is 0 Å². The van der Waals surface area contributed by atoms with E-state index in [4.69, 9.17) is 9.47 Å². The van der Waals surface area contributed by atoms with E-state index in [9.17, 15) is 9.59 Å². The molecule has 0 bridgehead atoms. The summed E-state index contributed by atoms with van der Waals surface area (Å²) in [5.41, 5.74) is -1.26. The average molecular weight is 261 g/mol. The largest absolute Gasteiger partial charge is 0.443 e. The molecule has 0 fully saturated rings. The average Bonchev–Trinajstić information content (AvgIpc) is 2.14. The van der Waals surface area contributed by atoms with Crippen molar-refractivity contribution in [1.29, 1.82) is 0 Å². The number of nitrogens with zero attached hydrogens (tertiary/aromatic N) is 1. The first-order valence-electron chi connectivity index (χ1n) is 6.12. The summed E-state index contributed by atoms with van der Waals surface area (Å²) >= 11 is 0. The molecule has 18 heavy (non-hydrogen) atoms. The number of hydrogen-bond acceptors (Lipinski definition) is 4. The van der Waals surface area contributed by atoms with E-state index < -0.39 is 23.4 Å². The van der Waals surface area contributed by atoms with Crippen molar-refractivity contribution in [3.05, 3.63) is 0 Å². The quantitative estimate of drug-likeness (QED) is 0.665. The van der Waals surface area contributed by atoms with E-state index in [1.807, 2.05) is 13.8 Å². The summed E-state index contributed by atoms with van der Waals surface area (Å²) in [7, 11) is 1.32. The van der Waals surface area contributed by atoms with Gasteiger partial charge in [0.2, 0.25) is 0 Å². The van der Waals surface area contributed by atoms with Crippen LogP contribution in [0, 0.1) is 0 Å². The fourth-order valence-electron chi connectivity index (χ4n) is 0.735. The summed E-state index contributed by atoms with van der Waals surface area (Å²) in [5.74, 6) is 0. The van der Waals surface area contributed by atoms with Crippen LogP contribution in [0.1, 0.15) is 55.4 Å². The first-order chi connectivity index (χ1) is 7.92. The lowest BCUT2D eigenvalue weighted by Crippen LogP contribution is -2.41. The third-order valence-corrected chi connectivity index (χ3v) is 1.33. The lowest BCUT2D eigenvalue weighted by Gasteiger charge is -2.26. The van der Waals surface area contributed by atoms with Crippen LogP contribution in [0.2, 0.25) is 0 Å². The van der Waals surface area contributed by atoms with Crippen LogP contribution in [-0.2, 0) is 9.47 Å². The van der Waals surface area contributed by atoms with E-state index in [0.717, 1.165) is 4.90 Å². The topological polar surface area (TPSA) is 55.8 Å². The Kier molecular flexibility index (Phi) is 7.67. The van der Waals surface area contributed by atoms with Gasteiger partial charge in [-0.1, -0.05) is 13.8 Å². The van der Waals surface area contributed by atoms with E-state index in [1.54, 1.807) is 41.5 Å². The number of ether oxygens (including phenoxy) is 2. The Morgan fingerprint density at radius 2 is 1.00 bits per heavy atom. The number of carbonyl (C=O) groups is 2. The first-order valence-corrected chi connectivity index (χ1v) is 6.12. The number of rotatable bonds is 0. The van der Waals surface area contributed by atoms with Crippen molar-refractivity contribution in [3.63, 3.8) is 0 Å². The molecule has 0 aromatic carbocycles. The maximum Gasteiger partial charge on any atom is 0.419 e. The smallest absolute Gasteiger partial charge is 0.419 e. The Labute approximate surface area is 110 Å². The van der Waals surface area contributed by atoms with Crippen LogP contribution in [0.5, 0.6) is 0 Å². The molecule has 0 aliphatic rings. The van der Waals surface area contributed by atoms with E-state index in [2.05, 4.69) is 0 Å². The van der Waals surface area contributed by atoms with Gasteiger partial charge in [0.05, 0.1) is 0 Å². The summed E-state index contributed by atoms with van der Waals surface area (Å²) < 4.78 is 10.0. The van der Waals surface area contributed by atoms with Gasteiger partial charge in [0.1, 0.15) is 11.2 Å². The molecule has 5 nitrogen and oxygen atoms in total. The molecule has 2 amide bonds. The van der Waals surface area contributed by atoms with Crippen LogP contribution in [0.25, 0.3) is 0 Å². The predicted molar refractivity (Wildman–Crippen MR) is 71.6 cm³/mol. The van der Waals surface area contributed by atoms with Crippen molar-refractivity contribution in [2.45, 2.75) is 66.6 Å². The van der Waals surface area contributed by atoms with Crippen LogP contribution in [0.15, 0.2) is 0 Å². The van der Waals surface area contributed by atoms with E-state index in [0.29, 0.717) is 0 Å². The molecule has 0 saturated carbocycles. The molecule has 0 spiro atoms. The molecule has 0 saturated heterocycles. The number of hydrogen-bond donors (Lipinski definition) is 0. The van der Waals surface area contributed by atoms with Crippen molar-refractivity contribution < 1.29 is 19.1 Å². The molecular weight excluding hydrogens is 234 g/mol. The zero-order chi connectivity index (χ0) is 15.1. The Hall–Kier alpha value is -1.26. The van der Waals surface area contributed by atoms with Gasteiger partial charge >= 0.3 is 12.2 Å². The van der Waals surface area contributed by atoms with Gasteiger partial charge in [-0.2, -0.15) is 0 Å². The Bertz CT molecular complexity index is 246. The standard InChI is InChI=1S/C11H21NO4.C2H6/c1-10(2,3)15-8(13)12(7)9(14)16-11(4,5)6;1-2/h1-7H3;1-2H3. The van der Waals surface area contributed by atoms with Crippen LogP contribution >= 0.6 is 0 Å². The minimum absolute atomic E-state index is 0.632. The van der Waals surface area contributed by atoms with Gasteiger partial charge in [0.15, 0.2) is 0 Å². The fraction of sp³-hybridized carbons (Fsp3) is 0.846. The van der Waals surface area contributed by atoms with Crippen molar-refractivity contribution in [1.82, 2.24) is 4.90 Å². The van der Waals surface area contributed by atoms with Crippen molar-refractivity contribution >= 4 is 12.2 Å². The molecule has 0 aromatic rings. The molecule has 0 N–H and O–H groups in total. The molecule has 0 aliphatic carbocycles. The minimum Gasteiger partial charge on any atom is -0.443 e. The monoisotopic (exact) mass is 261 g/mol. The van der Waals surface area contributed by atoms with Gasteiger partial charge in [0.25, 0.3) is 0 Å². The van der Waals surface area contributed by atoms with Crippen LogP contribution in [-0.4, -0.2) is 35.3 Å². The molecule has 0 atom stereocenters. The lowest BCUT2D eigenvalue weighted by atomic mass is 10.2. The molecule has 0 radical (unpaired) electrons. The van der Waals surface area contributed by atoms with Gasteiger partial charge in [0, 0.05) is 7.05 Å². The summed E-state index contributed by atoms with van der Waals surface area (Å²) in [6.07, 6.45) is -1.44. The normalized spacial score (nSPS) is 10.9. The molecule has 0 rings (SSSR count). The molecule has 0 aromatic heterocycles. The van der Waals surface area contributed by atoms with Crippen molar-refractivity contribution in [2.24, 2.45) is 0 Å². The van der Waals surface area contributed by atoms with Gasteiger partial charge in [-0.15, -0.1) is 0 Å². The van der Waals surface area contributed by atoms with Crippen LogP contribution in [0.4, 0.5) is 9.59 Å². The third-order valence-electron chi connectivity index (χ3n) is 1.33. The third kappa shape index (κ3) is 9.93. The molecule has 0 unspecified atom stereocenters. The Balaban J connectivity index is 0. The molecular formula is C13H27NO4. The second kappa shape index (κ2) is 7.24. The highest BCUT2D eigenvalue weighted by Gasteiger charge is 2.27. The van der Waals surface area contributed by atoms with Crippen molar-refractivity contribution in [2.75, 3.05) is 7.05 Å². The molecule has 0 aliphatic heterocycles. The van der Waals surface area contributed by atoms with E-state index >= 15 is 0 Å². The summed E-state index contributed by atoms with van der Waals surface area (Å²) in [6, 6.07) is 0. The lowest BCUT2D eigenvalue weighted by molar-refractivity contribution is 0.00663. The summed E-state index contributed by atoms with van der Waals surface area (Å²) in [4.78, 5) is 23.8.